The van der Waals surface area contributed by atoms with Crippen LogP contribution < -0.4 is 14.8 Å². The van der Waals surface area contributed by atoms with E-state index in [0.717, 1.165) is 22.4 Å². The number of aryl methyl sites for hydroxylation is 3. The highest BCUT2D eigenvalue weighted by Gasteiger charge is 2.19. The second-order valence-electron chi connectivity index (χ2n) is 7.64. The van der Waals surface area contributed by atoms with E-state index in [-0.39, 0.29) is 16.4 Å². The molecule has 2 N–H and O–H groups in total. The predicted octanol–water partition coefficient (Wildman–Crippen LogP) is 4.74. The van der Waals surface area contributed by atoms with Gasteiger partial charge in [-0.2, -0.15) is 0 Å². The van der Waals surface area contributed by atoms with Gasteiger partial charge in [-0.1, -0.05) is 24.3 Å². The maximum Gasteiger partial charge on any atom is 0.262 e. The number of ether oxygens (including phenoxy) is 1. The maximum absolute atomic E-state index is 13.0. The largest absolute Gasteiger partial charge is 0.494 e. The molecule has 0 bridgehead atoms. The van der Waals surface area contributed by atoms with Crippen molar-refractivity contribution in [2.45, 2.75) is 39.1 Å². The maximum atomic E-state index is 13.0. The van der Waals surface area contributed by atoms with Crippen LogP contribution in [0.5, 0.6) is 5.75 Å². The van der Waals surface area contributed by atoms with Gasteiger partial charge in [0.25, 0.3) is 15.9 Å². The highest BCUT2D eigenvalue weighted by Crippen LogP contribution is 2.22. The minimum atomic E-state index is -3.85. The van der Waals surface area contributed by atoms with Crippen LogP contribution in [0.1, 0.15) is 39.5 Å². The molecule has 6 nitrogen and oxygen atoms in total. The van der Waals surface area contributed by atoms with Crippen molar-refractivity contribution >= 4 is 21.6 Å². The predicted molar refractivity (Wildman–Crippen MR) is 127 cm³/mol. The Hall–Kier alpha value is -3.32. The molecule has 0 fully saturated rings. The van der Waals surface area contributed by atoms with Gasteiger partial charge in [-0.3, -0.25) is 9.52 Å². The average Bonchev–Trinajstić information content (AvgIpc) is 2.76. The second kappa shape index (κ2) is 9.87. The Morgan fingerprint density at radius 2 is 1.56 bits per heavy atom. The number of carbonyl (C=O) groups is 1. The normalized spacial score (nSPS) is 11.1. The Balaban J connectivity index is 1.75. The van der Waals surface area contributed by atoms with Gasteiger partial charge >= 0.3 is 0 Å². The molecule has 0 unspecified atom stereocenters. The molecule has 0 atom stereocenters. The molecule has 3 rings (SSSR count). The van der Waals surface area contributed by atoms with E-state index in [4.69, 9.17) is 4.74 Å². The topological polar surface area (TPSA) is 84.5 Å². The molecule has 0 aliphatic heterocycles. The van der Waals surface area contributed by atoms with Crippen LogP contribution in [-0.4, -0.2) is 20.9 Å². The van der Waals surface area contributed by atoms with E-state index in [1.807, 2.05) is 51.1 Å². The summed E-state index contributed by atoms with van der Waals surface area (Å²) in [6.07, 6.45) is 0. The van der Waals surface area contributed by atoms with E-state index >= 15 is 0 Å². The van der Waals surface area contributed by atoms with Crippen molar-refractivity contribution in [1.82, 2.24) is 5.32 Å². The van der Waals surface area contributed by atoms with Crippen molar-refractivity contribution < 1.29 is 17.9 Å². The van der Waals surface area contributed by atoms with Crippen LogP contribution >= 0.6 is 0 Å². The van der Waals surface area contributed by atoms with E-state index in [9.17, 15) is 13.2 Å². The summed E-state index contributed by atoms with van der Waals surface area (Å²) in [6.45, 7) is 8.42. The zero-order chi connectivity index (χ0) is 23.3. The van der Waals surface area contributed by atoms with Crippen LogP contribution in [0.25, 0.3) is 0 Å². The zero-order valence-electron chi connectivity index (χ0n) is 18.7. The van der Waals surface area contributed by atoms with Gasteiger partial charge in [0.2, 0.25) is 0 Å². The summed E-state index contributed by atoms with van der Waals surface area (Å²) in [7, 11) is -3.85. The van der Waals surface area contributed by atoms with Crippen molar-refractivity contribution in [3.8, 4) is 5.75 Å². The van der Waals surface area contributed by atoms with Crippen LogP contribution in [0.2, 0.25) is 0 Å². The van der Waals surface area contributed by atoms with Crippen LogP contribution in [-0.2, 0) is 16.6 Å². The number of sulfonamides is 1. The Bertz CT molecular complexity index is 1220. The smallest absolute Gasteiger partial charge is 0.262 e. The standard InChI is InChI=1S/C25H28N2O4S/c1-5-31-23-12-8-20(9-13-23)16-26-25(28)21-10-6-18(3)24(15-21)32(29,30)27-22-11-7-17(2)19(4)14-22/h6-15,27H,5,16H2,1-4H3,(H,26,28). The third-order valence-corrected chi connectivity index (χ3v) is 6.71. The van der Waals surface area contributed by atoms with E-state index in [2.05, 4.69) is 10.0 Å². The number of carbonyl (C=O) groups excluding carboxylic acids is 1. The summed E-state index contributed by atoms with van der Waals surface area (Å²) in [5.41, 5.74) is 4.31. The molecular formula is C25H28N2O4S. The first-order chi connectivity index (χ1) is 15.2. The van der Waals surface area contributed by atoms with Crippen molar-refractivity contribution in [3.05, 3.63) is 88.5 Å². The number of anilines is 1. The van der Waals surface area contributed by atoms with Crippen LogP contribution in [0.15, 0.2) is 65.6 Å². The van der Waals surface area contributed by atoms with E-state index < -0.39 is 10.0 Å². The fraction of sp³-hybridized carbons (Fsp3) is 0.240. The summed E-state index contributed by atoms with van der Waals surface area (Å²) in [5.74, 6) is 0.425. The first kappa shape index (κ1) is 23.3. The number of hydrogen-bond acceptors (Lipinski definition) is 4. The third kappa shape index (κ3) is 5.68. The molecule has 0 saturated heterocycles. The van der Waals surface area contributed by atoms with E-state index in [1.165, 1.54) is 6.07 Å². The average molecular weight is 453 g/mol. The zero-order valence-corrected chi connectivity index (χ0v) is 19.5. The summed E-state index contributed by atoms with van der Waals surface area (Å²) in [5, 5.41) is 2.83. The molecule has 0 radical (unpaired) electrons. The van der Waals surface area contributed by atoms with E-state index in [1.54, 1.807) is 31.2 Å². The Kier molecular flexibility index (Phi) is 7.20. The Labute approximate surface area is 189 Å². The lowest BCUT2D eigenvalue weighted by Crippen LogP contribution is -2.23. The quantitative estimate of drug-likeness (QED) is 0.517. The van der Waals surface area contributed by atoms with Gasteiger partial charge in [0.15, 0.2) is 0 Å². The summed E-state index contributed by atoms with van der Waals surface area (Å²) >= 11 is 0. The molecule has 32 heavy (non-hydrogen) atoms. The van der Waals surface area contributed by atoms with Gasteiger partial charge in [-0.05, 0) is 86.3 Å². The molecule has 0 saturated carbocycles. The summed E-state index contributed by atoms with van der Waals surface area (Å²) in [6, 6.07) is 17.5. The molecular weight excluding hydrogens is 424 g/mol. The molecule has 3 aromatic carbocycles. The van der Waals surface area contributed by atoms with Gasteiger partial charge < -0.3 is 10.1 Å². The number of amides is 1. The summed E-state index contributed by atoms with van der Waals surface area (Å²) < 4.78 is 34.0. The molecule has 0 heterocycles. The first-order valence-corrected chi connectivity index (χ1v) is 11.9. The minimum Gasteiger partial charge on any atom is -0.494 e. The Morgan fingerprint density at radius 1 is 0.875 bits per heavy atom. The molecule has 0 aliphatic carbocycles. The lowest BCUT2D eigenvalue weighted by Gasteiger charge is -2.13. The molecule has 0 aromatic heterocycles. The van der Waals surface area contributed by atoms with Gasteiger partial charge in [0, 0.05) is 17.8 Å². The number of nitrogens with one attached hydrogen (secondary N) is 2. The number of benzene rings is 3. The van der Waals surface area contributed by atoms with E-state index in [0.29, 0.717) is 24.4 Å². The van der Waals surface area contributed by atoms with Gasteiger partial charge in [-0.25, -0.2) is 8.42 Å². The van der Waals surface area contributed by atoms with Gasteiger partial charge in [0.1, 0.15) is 5.75 Å². The first-order valence-electron chi connectivity index (χ1n) is 10.4. The van der Waals surface area contributed by atoms with Crippen LogP contribution in [0.3, 0.4) is 0 Å². The summed E-state index contributed by atoms with van der Waals surface area (Å²) in [4.78, 5) is 12.7. The SMILES string of the molecule is CCOc1ccc(CNC(=O)c2ccc(C)c(S(=O)(=O)Nc3ccc(C)c(C)c3)c2)cc1. The second-order valence-corrected chi connectivity index (χ2v) is 9.30. The fourth-order valence-corrected chi connectivity index (χ4v) is 4.52. The Morgan fingerprint density at radius 3 is 2.22 bits per heavy atom. The minimum absolute atomic E-state index is 0.0736. The molecule has 0 spiro atoms. The lowest BCUT2D eigenvalue weighted by molar-refractivity contribution is 0.0950. The van der Waals surface area contributed by atoms with Crippen molar-refractivity contribution in [2.24, 2.45) is 0 Å². The highest BCUT2D eigenvalue weighted by molar-refractivity contribution is 7.92. The highest BCUT2D eigenvalue weighted by atomic mass is 32.2. The van der Waals surface area contributed by atoms with Crippen LogP contribution in [0, 0.1) is 20.8 Å². The van der Waals surface area contributed by atoms with Gasteiger partial charge in [0.05, 0.1) is 11.5 Å². The van der Waals surface area contributed by atoms with Crippen molar-refractivity contribution in [1.29, 1.82) is 0 Å². The molecule has 168 valence electrons. The number of rotatable bonds is 8. The molecule has 0 aliphatic rings. The molecule has 7 heteroatoms. The van der Waals surface area contributed by atoms with Crippen LogP contribution in [0.4, 0.5) is 5.69 Å². The molecule has 3 aromatic rings. The molecule has 1 amide bonds. The lowest BCUT2D eigenvalue weighted by atomic mass is 10.1. The van der Waals surface area contributed by atoms with Crippen molar-refractivity contribution in [3.63, 3.8) is 0 Å². The third-order valence-electron chi connectivity index (χ3n) is 5.19. The van der Waals surface area contributed by atoms with Crippen molar-refractivity contribution in [2.75, 3.05) is 11.3 Å². The fourth-order valence-electron chi connectivity index (χ4n) is 3.20. The van der Waals surface area contributed by atoms with Gasteiger partial charge in [-0.15, -0.1) is 0 Å². The number of hydrogen-bond donors (Lipinski definition) is 2. The monoisotopic (exact) mass is 452 g/mol.